The second kappa shape index (κ2) is 3.64. The van der Waals surface area contributed by atoms with Crippen LogP contribution in [0.15, 0.2) is 0 Å². The molecule has 4 heteroatoms. The van der Waals surface area contributed by atoms with Crippen LogP contribution in [0.25, 0.3) is 0 Å². The maximum absolute atomic E-state index is 12.4. The van der Waals surface area contributed by atoms with Crippen LogP contribution in [-0.4, -0.2) is 31.7 Å². The number of nitrogens with zero attached hydrogens (tertiary/aromatic N) is 1. The van der Waals surface area contributed by atoms with Gasteiger partial charge in [-0.3, -0.25) is 0 Å². The molecular weight excluding hydrogens is 167 g/mol. The molecule has 0 aliphatic carbocycles. The lowest BCUT2D eigenvalue weighted by atomic mass is 9.86. The summed E-state index contributed by atoms with van der Waals surface area (Å²) in [5.74, 6) is 0. The van der Waals surface area contributed by atoms with Crippen LogP contribution in [0.5, 0.6) is 0 Å². The molecule has 0 saturated heterocycles. The molecule has 0 rings (SSSR count). The van der Waals surface area contributed by atoms with Gasteiger partial charge < -0.3 is 4.90 Å². The van der Waals surface area contributed by atoms with E-state index in [0.29, 0.717) is 0 Å². The van der Waals surface area contributed by atoms with E-state index < -0.39 is 11.6 Å². The number of hydrogen-bond donors (Lipinski definition) is 0. The van der Waals surface area contributed by atoms with Crippen molar-refractivity contribution in [2.75, 3.05) is 20.6 Å². The van der Waals surface area contributed by atoms with Crippen LogP contribution in [0, 0.1) is 5.41 Å². The van der Waals surface area contributed by atoms with Gasteiger partial charge in [0.05, 0.1) is 5.41 Å². The molecular formula is C8H16F3N. The molecule has 0 amide bonds. The minimum Gasteiger partial charge on any atom is -0.309 e. The molecule has 0 aliphatic heterocycles. The smallest absolute Gasteiger partial charge is 0.309 e. The van der Waals surface area contributed by atoms with E-state index in [2.05, 4.69) is 0 Å². The number of halogens is 3. The monoisotopic (exact) mass is 183 g/mol. The molecule has 0 spiro atoms. The van der Waals surface area contributed by atoms with Gasteiger partial charge >= 0.3 is 6.18 Å². The summed E-state index contributed by atoms with van der Waals surface area (Å²) in [6, 6.07) is 0. The molecule has 12 heavy (non-hydrogen) atoms. The normalized spacial score (nSPS) is 18.0. The van der Waals surface area contributed by atoms with Crippen molar-refractivity contribution in [3.63, 3.8) is 0 Å². The van der Waals surface area contributed by atoms with Gasteiger partial charge in [0.2, 0.25) is 0 Å². The van der Waals surface area contributed by atoms with Crippen molar-refractivity contribution in [3.8, 4) is 0 Å². The molecule has 0 aromatic heterocycles. The Labute approximate surface area is 71.6 Å². The van der Waals surface area contributed by atoms with Gasteiger partial charge in [-0.15, -0.1) is 0 Å². The van der Waals surface area contributed by atoms with Gasteiger partial charge in [0.15, 0.2) is 0 Å². The Morgan fingerprint density at radius 1 is 1.17 bits per heavy atom. The van der Waals surface area contributed by atoms with Crippen molar-refractivity contribution in [1.29, 1.82) is 0 Å². The van der Waals surface area contributed by atoms with Gasteiger partial charge in [-0.25, -0.2) is 0 Å². The molecule has 1 nitrogen and oxygen atoms in total. The highest BCUT2D eigenvalue weighted by atomic mass is 19.4. The second-order valence-corrected chi connectivity index (χ2v) is 3.65. The van der Waals surface area contributed by atoms with Crippen molar-refractivity contribution in [2.45, 2.75) is 26.4 Å². The first-order valence-corrected chi connectivity index (χ1v) is 3.94. The van der Waals surface area contributed by atoms with Gasteiger partial charge in [0.25, 0.3) is 0 Å². The average Bonchev–Trinajstić information content (AvgIpc) is 1.83. The van der Waals surface area contributed by atoms with E-state index >= 15 is 0 Å². The van der Waals surface area contributed by atoms with E-state index in [4.69, 9.17) is 0 Å². The maximum atomic E-state index is 12.4. The van der Waals surface area contributed by atoms with Crippen molar-refractivity contribution < 1.29 is 13.2 Å². The van der Waals surface area contributed by atoms with E-state index in [0.717, 1.165) is 0 Å². The third-order valence-corrected chi connectivity index (χ3v) is 2.13. The fourth-order valence-electron chi connectivity index (χ4n) is 1.10. The molecule has 0 N–H and O–H groups in total. The van der Waals surface area contributed by atoms with Crippen LogP contribution < -0.4 is 0 Å². The standard InChI is InChI=1S/C8H16F3N/c1-5-7(2,6-12(3)4)8(9,10)11/h5-6H2,1-4H3. The van der Waals surface area contributed by atoms with Gasteiger partial charge in [0, 0.05) is 6.54 Å². The molecule has 0 radical (unpaired) electrons. The third kappa shape index (κ3) is 2.66. The Morgan fingerprint density at radius 2 is 1.58 bits per heavy atom. The van der Waals surface area contributed by atoms with Crippen molar-refractivity contribution in [1.82, 2.24) is 4.90 Å². The zero-order valence-corrected chi connectivity index (χ0v) is 8.00. The van der Waals surface area contributed by atoms with E-state index in [1.807, 2.05) is 0 Å². The van der Waals surface area contributed by atoms with Gasteiger partial charge in [-0.05, 0) is 27.4 Å². The van der Waals surface area contributed by atoms with Crippen LogP contribution in [0.2, 0.25) is 0 Å². The number of rotatable bonds is 3. The summed E-state index contributed by atoms with van der Waals surface area (Å²) in [5, 5.41) is 0. The Hall–Kier alpha value is -0.250. The summed E-state index contributed by atoms with van der Waals surface area (Å²) < 4.78 is 37.3. The quantitative estimate of drug-likeness (QED) is 0.649. The largest absolute Gasteiger partial charge is 0.395 e. The first kappa shape index (κ1) is 11.8. The van der Waals surface area contributed by atoms with E-state index in [1.165, 1.54) is 6.92 Å². The fraction of sp³-hybridized carbons (Fsp3) is 1.00. The van der Waals surface area contributed by atoms with E-state index in [-0.39, 0.29) is 13.0 Å². The van der Waals surface area contributed by atoms with E-state index in [1.54, 1.807) is 25.9 Å². The Balaban J connectivity index is 4.46. The first-order valence-electron chi connectivity index (χ1n) is 3.94. The molecule has 1 unspecified atom stereocenters. The number of hydrogen-bond acceptors (Lipinski definition) is 1. The summed E-state index contributed by atoms with van der Waals surface area (Å²) in [6.07, 6.45) is -3.99. The fourth-order valence-corrected chi connectivity index (χ4v) is 1.10. The van der Waals surface area contributed by atoms with Gasteiger partial charge in [-0.1, -0.05) is 6.92 Å². The van der Waals surface area contributed by atoms with E-state index in [9.17, 15) is 13.2 Å². The van der Waals surface area contributed by atoms with Crippen LogP contribution in [0.1, 0.15) is 20.3 Å². The SMILES string of the molecule is CCC(C)(CN(C)C)C(F)(F)F. The highest BCUT2D eigenvalue weighted by Crippen LogP contribution is 2.40. The Kier molecular flexibility index (Phi) is 3.57. The summed E-state index contributed by atoms with van der Waals surface area (Å²) in [5.41, 5.74) is -1.57. The zero-order valence-electron chi connectivity index (χ0n) is 8.00. The molecule has 0 saturated carbocycles. The summed E-state index contributed by atoms with van der Waals surface area (Å²) >= 11 is 0. The van der Waals surface area contributed by atoms with Crippen LogP contribution >= 0.6 is 0 Å². The molecule has 0 aliphatic rings. The minimum absolute atomic E-state index is 0.0486. The lowest BCUT2D eigenvalue weighted by Gasteiger charge is -2.33. The van der Waals surface area contributed by atoms with Crippen LogP contribution in [0.3, 0.4) is 0 Å². The van der Waals surface area contributed by atoms with Gasteiger partial charge in [0.1, 0.15) is 0 Å². The van der Waals surface area contributed by atoms with Crippen molar-refractivity contribution >= 4 is 0 Å². The summed E-state index contributed by atoms with van der Waals surface area (Å²) in [6.45, 7) is 2.87. The summed E-state index contributed by atoms with van der Waals surface area (Å²) in [4.78, 5) is 1.57. The summed E-state index contributed by atoms with van der Waals surface area (Å²) in [7, 11) is 3.30. The highest BCUT2D eigenvalue weighted by molar-refractivity contribution is 4.82. The van der Waals surface area contributed by atoms with Gasteiger partial charge in [-0.2, -0.15) is 13.2 Å². The lowest BCUT2D eigenvalue weighted by Crippen LogP contribution is -2.42. The molecule has 0 fully saturated rings. The maximum Gasteiger partial charge on any atom is 0.395 e. The molecule has 0 aromatic carbocycles. The zero-order chi connectivity index (χ0) is 9.99. The Morgan fingerprint density at radius 3 is 1.67 bits per heavy atom. The number of alkyl halides is 3. The average molecular weight is 183 g/mol. The predicted octanol–water partition coefficient (Wildman–Crippen LogP) is 2.53. The molecule has 0 bridgehead atoms. The lowest BCUT2D eigenvalue weighted by molar-refractivity contribution is -0.222. The highest BCUT2D eigenvalue weighted by Gasteiger charge is 2.49. The van der Waals surface area contributed by atoms with Crippen molar-refractivity contribution in [2.24, 2.45) is 5.41 Å². The van der Waals surface area contributed by atoms with Crippen molar-refractivity contribution in [3.05, 3.63) is 0 Å². The minimum atomic E-state index is -4.11. The molecule has 1 atom stereocenters. The third-order valence-electron chi connectivity index (χ3n) is 2.13. The predicted molar refractivity (Wildman–Crippen MR) is 43.0 cm³/mol. The second-order valence-electron chi connectivity index (χ2n) is 3.65. The molecule has 74 valence electrons. The first-order chi connectivity index (χ1) is 5.23. The molecule has 0 heterocycles. The topological polar surface area (TPSA) is 3.24 Å². The Bertz CT molecular complexity index is 142. The van der Waals surface area contributed by atoms with Crippen LogP contribution in [-0.2, 0) is 0 Å². The van der Waals surface area contributed by atoms with Crippen LogP contribution in [0.4, 0.5) is 13.2 Å². The molecule has 0 aromatic rings.